The van der Waals surface area contributed by atoms with Crippen LogP contribution < -0.4 is 11.3 Å². The third-order valence-corrected chi connectivity index (χ3v) is 3.56. The van der Waals surface area contributed by atoms with Crippen LogP contribution in [0.4, 0.5) is 0 Å². The zero-order valence-electron chi connectivity index (χ0n) is 11.2. The molecule has 4 heteroatoms. The summed E-state index contributed by atoms with van der Waals surface area (Å²) in [6.07, 6.45) is 13.6. The van der Waals surface area contributed by atoms with Gasteiger partial charge in [0.1, 0.15) is 0 Å². The van der Waals surface area contributed by atoms with Crippen LogP contribution in [0.1, 0.15) is 57.1 Å². The molecule has 18 heavy (non-hydrogen) atoms. The Morgan fingerprint density at radius 2 is 2.39 bits per heavy atom. The van der Waals surface area contributed by atoms with E-state index >= 15 is 0 Å². The fourth-order valence-corrected chi connectivity index (χ4v) is 2.54. The number of hydrazine groups is 1. The summed E-state index contributed by atoms with van der Waals surface area (Å²) in [5.74, 6) is 5.69. The molecular formula is C14H24N4. The minimum absolute atomic E-state index is 0.194. The van der Waals surface area contributed by atoms with Crippen LogP contribution >= 0.6 is 0 Å². The maximum absolute atomic E-state index is 5.69. The average Bonchev–Trinajstić information content (AvgIpc) is 2.86. The molecular weight excluding hydrogens is 224 g/mol. The maximum Gasteiger partial charge on any atom is 0.0538 e. The highest BCUT2D eigenvalue weighted by atomic mass is 15.3. The molecule has 0 saturated heterocycles. The summed E-state index contributed by atoms with van der Waals surface area (Å²) < 4.78 is 1.99. The Morgan fingerprint density at radius 3 is 3.06 bits per heavy atom. The monoisotopic (exact) mass is 248 g/mol. The van der Waals surface area contributed by atoms with Gasteiger partial charge in [-0.1, -0.05) is 18.6 Å². The first kappa shape index (κ1) is 13.3. The van der Waals surface area contributed by atoms with Crippen molar-refractivity contribution in [1.82, 2.24) is 15.2 Å². The van der Waals surface area contributed by atoms with Crippen molar-refractivity contribution in [3.63, 3.8) is 0 Å². The topological polar surface area (TPSA) is 55.9 Å². The molecule has 1 unspecified atom stereocenters. The number of hydrogen-bond donors (Lipinski definition) is 2. The second-order valence-electron chi connectivity index (χ2n) is 5.07. The second kappa shape index (κ2) is 6.71. The SMILES string of the molecule is CCCn1cc(C(CC2=CCCCC2)NN)cn1. The van der Waals surface area contributed by atoms with Crippen molar-refractivity contribution in [2.24, 2.45) is 5.84 Å². The summed E-state index contributed by atoms with van der Waals surface area (Å²) in [5, 5.41) is 4.37. The summed E-state index contributed by atoms with van der Waals surface area (Å²) in [4.78, 5) is 0. The van der Waals surface area contributed by atoms with Crippen molar-refractivity contribution in [2.45, 2.75) is 58.0 Å². The first-order chi connectivity index (χ1) is 8.83. The lowest BCUT2D eigenvalue weighted by molar-refractivity contribution is 0.527. The number of rotatable bonds is 6. The first-order valence-electron chi connectivity index (χ1n) is 7.00. The van der Waals surface area contributed by atoms with Gasteiger partial charge in [-0.05, 0) is 38.5 Å². The van der Waals surface area contributed by atoms with Crippen LogP contribution in [0.25, 0.3) is 0 Å². The molecule has 1 heterocycles. The van der Waals surface area contributed by atoms with Gasteiger partial charge in [0.05, 0.1) is 12.2 Å². The van der Waals surface area contributed by atoms with E-state index in [1.54, 1.807) is 0 Å². The van der Waals surface area contributed by atoms with E-state index in [2.05, 4.69) is 29.7 Å². The molecule has 0 amide bonds. The Balaban J connectivity index is 2.00. The van der Waals surface area contributed by atoms with E-state index in [9.17, 15) is 0 Å². The predicted octanol–water partition coefficient (Wildman–Crippen LogP) is 2.69. The fourth-order valence-electron chi connectivity index (χ4n) is 2.54. The molecule has 1 aliphatic carbocycles. The van der Waals surface area contributed by atoms with Gasteiger partial charge in [0, 0.05) is 18.3 Å². The van der Waals surface area contributed by atoms with Crippen molar-refractivity contribution in [3.8, 4) is 0 Å². The summed E-state index contributed by atoms with van der Waals surface area (Å²) in [6.45, 7) is 3.13. The Morgan fingerprint density at radius 1 is 1.50 bits per heavy atom. The number of nitrogens with one attached hydrogen (secondary N) is 1. The van der Waals surface area contributed by atoms with Crippen LogP contribution in [-0.2, 0) is 6.54 Å². The highest BCUT2D eigenvalue weighted by molar-refractivity contribution is 5.16. The van der Waals surface area contributed by atoms with E-state index in [0.29, 0.717) is 0 Å². The van der Waals surface area contributed by atoms with Crippen LogP contribution in [-0.4, -0.2) is 9.78 Å². The van der Waals surface area contributed by atoms with Crippen LogP contribution in [0.3, 0.4) is 0 Å². The van der Waals surface area contributed by atoms with Gasteiger partial charge in [-0.25, -0.2) is 0 Å². The molecule has 0 aliphatic heterocycles. The van der Waals surface area contributed by atoms with Gasteiger partial charge >= 0.3 is 0 Å². The van der Waals surface area contributed by atoms with Crippen LogP contribution in [0.5, 0.6) is 0 Å². The number of aromatic nitrogens is 2. The summed E-state index contributed by atoms with van der Waals surface area (Å²) in [5.41, 5.74) is 5.65. The highest BCUT2D eigenvalue weighted by Crippen LogP contribution is 2.26. The van der Waals surface area contributed by atoms with Gasteiger partial charge in [-0.15, -0.1) is 0 Å². The van der Waals surface area contributed by atoms with Gasteiger partial charge in [0.25, 0.3) is 0 Å². The number of aryl methyl sites for hydroxylation is 1. The van der Waals surface area contributed by atoms with Gasteiger partial charge in [-0.2, -0.15) is 5.10 Å². The molecule has 1 aromatic heterocycles. The van der Waals surface area contributed by atoms with Gasteiger partial charge < -0.3 is 0 Å². The third kappa shape index (κ3) is 3.43. The van der Waals surface area contributed by atoms with Gasteiger partial charge in [0.2, 0.25) is 0 Å². The lowest BCUT2D eigenvalue weighted by Gasteiger charge is -2.19. The van der Waals surface area contributed by atoms with Gasteiger partial charge in [-0.3, -0.25) is 16.0 Å². The van der Waals surface area contributed by atoms with Crippen LogP contribution in [0, 0.1) is 0 Å². The smallest absolute Gasteiger partial charge is 0.0538 e. The predicted molar refractivity (Wildman–Crippen MR) is 73.8 cm³/mol. The summed E-state index contributed by atoms with van der Waals surface area (Å²) in [6, 6.07) is 0.194. The minimum Gasteiger partial charge on any atom is -0.272 e. The molecule has 0 spiro atoms. The van der Waals surface area contributed by atoms with E-state index in [-0.39, 0.29) is 6.04 Å². The standard InChI is InChI=1S/C14H24N4/c1-2-8-18-11-13(10-16-18)14(17-15)9-12-6-4-3-5-7-12/h6,10-11,14,17H,2-5,7-9,15H2,1H3. The lowest BCUT2D eigenvalue weighted by Crippen LogP contribution is -2.28. The molecule has 3 N–H and O–H groups in total. The minimum atomic E-state index is 0.194. The van der Waals surface area contributed by atoms with Crippen molar-refractivity contribution < 1.29 is 0 Å². The Bertz CT molecular complexity index is 394. The molecule has 0 aromatic carbocycles. The molecule has 2 rings (SSSR count). The molecule has 0 saturated carbocycles. The summed E-state index contributed by atoms with van der Waals surface area (Å²) in [7, 11) is 0. The van der Waals surface area contributed by atoms with Crippen LogP contribution in [0.15, 0.2) is 24.0 Å². The Hall–Kier alpha value is -1.13. The Labute approximate surface area is 109 Å². The number of nitrogens with two attached hydrogens (primary N) is 1. The normalized spacial score (nSPS) is 17.6. The molecule has 100 valence electrons. The van der Waals surface area contributed by atoms with E-state index < -0.39 is 0 Å². The third-order valence-electron chi connectivity index (χ3n) is 3.56. The summed E-state index contributed by atoms with van der Waals surface area (Å²) >= 11 is 0. The molecule has 0 radical (unpaired) electrons. The largest absolute Gasteiger partial charge is 0.272 e. The lowest BCUT2D eigenvalue weighted by atomic mass is 9.93. The average molecular weight is 248 g/mol. The zero-order valence-corrected chi connectivity index (χ0v) is 11.2. The van der Waals surface area contributed by atoms with E-state index in [1.165, 1.54) is 36.8 Å². The maximum atomic E-state index is 5.69. The molecule has 4 nitrogen and oxygen atoms in total. The highest BCUT2D eigenvalue weighted by Gasteiger charge is 2.15. The molecule has 0 bridgehead atoms. The zero-order chi connectivity index (χ0) is 12.8. The van der Waals surface area contributed by atoms with Crippen molar-refractivity contribution in [1.29, 1.82) is 0 Å². The molecule has 1 aromatic rings. The van der Waals surface area contributed by atoms with E-state index in [0.717, 1.165) is 19.4 Å². The first-order valence-corrected chi connectivity index (χ1v) is 7.00. The number of nitrogens with zero attached hydrogens (tertiary/aromatic N) is 2. The fraction of sp³-hybridized carbons (Fsp3) is 0.643. The van der Waals surface area contributed by atoms with Crippen molar-refractivity contribution in [2.75, 3.05) is 0 Å². The Kier molecular flexibility index (Phi) is 4.96. The number of hydrogen-bond acceptors (Lipinski definition) is 3. The van der Waals surface area contributed by atoms with Crippen molar-refractivity contribution >= 4 is 0 Å². The quantitative estimate of drug-likeness (QED) is 0.462. The van der Waals surface area contributed by atoms with Gasteiger partial charge in [0.15, 0.2) is 0 Å². The molecule has 0 fully saturated rings. The van der Waals surface area contributed by atoms with E-state index in [4.69, 9.17) is 5.84 Å². The van der Waals surface area contributed by atoms with Crippen LogP contribution in [0.2, 0.25) is 0 Å². The number of allylic oxidation sites excluding steroid dienone is 1. The van der Waals surface area contributed by atoms with Crippen molar-refractivity contribution in [3.05, 3.63) is 29.6 Å². The molecule has 1 atom stereocenters. The molecule has 1 aliphatic rings. The van der Waals surface area contributed by atoms with E-state index in [1.807, 2.05) is 10.9 Å². The second-order valence-corrected chi connectivity index (χ2v) is 5.07.